The lowest BCUT2D eigenvalue weighted by Crippen LogP contribution is -1.48. The van der Waals surface area contributed by atoms with Crippen molar-refractivity contribution >= 4 is 24.0 Å². The second-order valence-electron chi connectivity index (χ2n) is 1.11. The Morgan fingerprint density at radius 1 is 1.71 bits per heavy atom. The summed E-state index contributed by atoms with van der Waals surface area (Å²) in [6, 6.07) is 1.75. The van der Waals surface area contributed by atoms with Crippen molar-refractivity contribution in [1.29, 1.82) is 0 Å². The molecule has 0 saturated carbocycles. The Kier molecular flexibility index (Phi) is 1.25. The molecule has 0 aliphatic carbocycles. The minimum absolute atomic E-state index is 0.295. The summed E-state index contributed by atoms with van der Waals surface area (Å²) in [5.41, 5.74) is 0. The Labute approximate surface area is 51.0 Å². The van der Waals surface area contributed by atoms with E-state index in [1.807, 2.05) is 0 Å². The van der Waals surface area contributed by atoms with E-state index in [0.717, 1.165) is 0 Å². The Morgan fingerprint density at radius 2 is 2.43 bits per heavy atom. The molecular weight excluding hydrogens is 128 g/mol. The molecule has 0 saturated heterocycles. The van der Waals surface area contributed by atoms with Gasteiger partial charge in [-0.25, -0.2) is 0 Å². The number of hydrogen-bond acceptors (Lipinski definition) is 3. The van der Waals surface area contributed by atoms with Crippen LogP contribution in [-0.2, 0) is 0 Å². The third kappa shape index (κ3) is 0.894. The highest BCUT2D eigenvalue weighted by Gasteiger charge is 1.91. The van der Waals surface area contributed by atoms with Crippen molar-refractivity contribution in [1.82, 2.24) is 0 Å². The van der Waals surface area contributed by atoms with E-state index in [2.05, 4.69) is 12.6 Å². The smallest absolute Gasteiger partial charge is 0.184 e. The van der Waals surface area contributed by atoms with Crippen molar-refractivity contribution in [2.75, 3.05) is 0 Å². The molecule has 0 unspecified atom stereocenters. The van der Waals surface area contributed by atoms with Crippen LogP contribution in [0.25, 0.3) is 0 Å². The van der Waals surface area contributed by atoms with Crippen LogP contribution < -0.4 is 0 Å². The van der Waals surface area contributed by atoms with Gasteiger partial charge in [-0.15, -0.1) is 24.0 Å². The maximum Gasteiger partial charge on any atom is 0.184 e. The van der Waals surface area contributed by atoms with Crippen LogP contribution in [0.5, 0.6) is 5.06 Å². The molecule has 0 aromatic carbocycles. The largest absolute Gasteiger partial charge is 0.499 e. The fraction of sp³-hybridized carbons (Fsp3) is 0. The summed E-state index contributed by atoms with van der Waals surface area (Å²) in [7, 11) is 0. The van der Waals surface area contributed by atoms with Crippen LogP contribution in [0.1, 0.15) is 0 Å². The summed E-state index contributed by atoms with van der Waals surface area (Å²) in [5.74, 6) is 0. The van der Waals surface area contributed by atoms with Gasteiger partial charge in [0.05, 0.1) is 4.90 Å². The quantitative estimate of drug-likeness (QED) is 0.515. The molecule has 1 aromatic heterocycles. The van der Waals surface area contributed by atoms with Gasteiger partial charge in [0.25, 0.3) is 0 Å². The molecule has 1 N–H and O–H groups in total. The molecule has 0 aliphatic rings. The highest BCUT2D eigenvalue weighted by Crippen LogP contribution is 2.26. The van der Waals surface area contributed by atoms with Crippen molar-refractivity contribution in [3.8, 4) is 5.06 Å². The minimum Gasteiger partial charge on any atom is -0.499 e. The molecular formula is C4H4OS2. The zero-order valence-corrected chi connectivity index (χ0v) is 5.17. The second kappa shape index (κ2) is 1.76. The van der Waals surface area contributed by atoms with Gasteiger partial charge in [0.15, 0.2) is 5.06 Å². The molecule has 0 amide bonds. The molecule has 0 fully saturated rings. The Bertz CT molecular complexity index is 142. The Hall–Kier alpha value is -0.150. The fourth-order valence-corrected chi connectivity index (χ4v) is 1.15. The SMILES string of the molecule is Oc1sccc1S. The number of thiophene rings is 1. The first kappa shape index (κ1) is 5.00. The monoisotopic (exact) mass is 132 g/mol. The third-order valence-corrected chi connectivity index (χ3v) is 1.85. The first-order valence-electron chi connectivity index (χ1n) is 1.76. The van der Waals surface area contributed by atoms with Crippen molar-refractivity contribution in [2.45, 2.75) is 4.90 Å². The van der Waals surface area contributed by atoms with Crippen LogP contribution in [0.4, 0.5) is 0 Å². The van der Waals surface area contributed by atoms with Crippen molar-refractivity contribution in [3.05, 3.63) is 11.4 Å². The normalized spacial score (nSPS) is 9.29. The van der Waals surface area contributed by atoms with Gasteiger partial charge < -0.3 is 5.11 Å². The fourth-order valence-electron chi connectivity index (χ4n) is 0.295. The van der Waals surface area contributed by atoms with Crippen LogP contribution >= 0.6 is 24.0 Å². The summed E-state index contributed by atoms with van der Waals surface area (Å²) in [6.07, 6.45) is 0. The lowest BCUT2D eigenvalue weighted by atomic mass is 10.6. The predicted octanol–water partition coefficient (Wildman–Crippen LogP) is 1.74. The first-order valence-corrected chi connectivity index (χ1v) is 3.09. The number of hydrogen-bond donors (Lipinski definition) is 2. The molecule has 0 radical (unpaired) electrons. The predicted molar refractivity (Wildman–Crippen MR) is 33.2 cm³/mol. The van der Waals surface area contributed by atoms with Crippen molar-refractivity contribution in [2.24, 2.45) is 0 Å². The molecule has 38 valence electrons. The molecule has 1 rings (SSSR count). The highest BCUT2D eigenvalue weighted by atomic mass is 32.1. The highest BCUT2D eigenvalue weighted by molar-refractivity contribution is 7.80. The molecule has 7 heavy (non-hydrogen) atoms. The first-order chi connectivity index (χ1) is 3.30. The maximum atomic E-state index is 8.70. The molecule has 1 nitrogen and oxygen atoms in total. The van der Waals surface area contributed by atoms with Gasteiger partial charge in [-0.1, -0.05) is 0 Å². The Morgan fingerprint density at radius 3 is 2.57 bits per heavy atom. The van der Waals surface area contributed by atoms with Crippen LogP contribution in [0.3, 0.4) is 0 Å². The maximum absolute atomic E-state index is 8.70. The van der Waals surface area contributed by atoms with Crippen molar-refractivity contribution in [3.63, 3.8) is 0 Å². The average molecular weight is 132 g/mol. The molecule has 3 heteroatoms. The van der Waals surface area contributed by atoms with Gasteiger partial charge in [0.1, 0.15) is 0 Å². The summed E-state index contributed by atoms with van der Waals surface area (Å²) >= 11 is 5.19. The van der Waals surface area contributed by atoms with E-state index in [1.165, 1.54) is 11.3 Å². The molecule has 1 aromatic rings. The number of rotatable bonds is 0. The van der Waals surface area contributed by atoms with Crippen LogP contribution in [0.2, 0.25) is 0 Å². The van der Waals surface area contributed by atoms with Crippen LogP contribution in [0, 0.1) is 0 Å². The zero-order chi connectivity index (χ0) is 5.28. The molecule has 0 bridgehead atoms. The lowest BCUT2D eigenvalue weighted by Gasteiger charge is -1.78. The second-order valence-corrected chi connectivity index (χ2v) is 2.49. The number of aromatic hydroxyl groups is 1. The van der Waals surface area contributed by atoms with Gasteiger partial charge in [0, 0.05) is 0 Å². The topological polar surface area (TPSA) is 20.2 Å². The van der Waals surface area contributed by atoms with E-state index in [0.29, 0.717) is 9.96 Å². The summed E-state index contributed by atoms with van der Waals surface area (Å²) in [4.78, 5) is 0.657. The standard InChI is InChI=1S/C4H4OS2/c5-4-3(6)1-2-7-4/h1-2,5-6H. The summed E-state index contributed by atoms with van der Waals surface area (Å²) in [6.45, 7) is 0. The van der Waals surface area contributed by atoms with Gasteiger partial charge >= 0.3 is 0 Å². The molecule has 1 heterocycles. The number of thiol groups is 1. The van der Waals surface area contributed by atoms with E-state index < -0.39 is 0 Å². The van der Waals surface area contributed by atoms with E-state index >= 15 is 0 Å². The zero-order valence-electron chi connectivity index (χ0n) is 3.46. The van der Waals surface area contributed by atoms with Gasteiger partial charge in [0.2, 0.25) is 0 Å². The van der Waals surface area contributed by atoms with E-state index in [-0.39, 0.29) is 0 Å². The minimum atomic E-state index is 0.295. The van der Waals surface area contributed by atoms with Gasteiger partial charge in [-0.2, -0.15) is 0 Å². The lowest BCUT2D eigenvalue weighted by molar-refractivity contribution is 0.479. The van der Waals surface area contributed by atoms with Gasteiger partial charge in [-0.3, -0.25) is 0 Å². The third-order valence-electron chi connectivity index (χ3n) is 0.625. The summed E-state index contributed by atoms with van der Waals surface area (Å²) in [5, 5.41) is 10.8. The van der Waals surface area contributed by atoms with Crippen LogP contribution in [-0.4, -0.2) is 5.11 Å². The molecule has 0 aliphatic heterocycles. The average Bonchev–Trinajstić information content (AvgIpc) is 1.91. The van der Waals surface area contributed by atoms with Crippen LogP contribution in [0.15, 0.2) is 16.3 Å². The van der Waals surface area contributed by atoms with Gasteiger partial charge in [-0.05, 0) is 11.4 Å². The summed E-state index contributed by atoms with van der Waals surface area (Å²) < 4.78 is 0. The van der Waals surface area contributed by atoms with E-state index in [9.17, 15) is 0 Å². The van der Waals surface area contributed by atoms with E-state index in [4.69, 9.17) is 5.11 Å². The Balaban J connectivity index is 3.12. The van der Waals surface area contributed by atoms with Crippen molar-refractivity contribution < 1.29 is 5.11 Å². The van der Waals surface area contributed by atoms with E-state index in [1.54, 1.807) is 11.4 Å². The molecule has 0 spiro atoms. The molecule has 0 atom stereocenters.